The standard InChI is InChI=1S/C11H8ClIN2O/c12-10-6-5-8(14)11(15-10)16-9-4-2-1-3-7(9)13/h1-6H,14H2. The van der Waals surface area contributed by atoms with Crippen molar-refractivity contribution in [1.82, 2.24) is 4.98 Å². The van der Waals surface area contributed by atoms with Crippen LogP contribution in [0.4, 0.5) is 5.69 Å². The summed E-state index contributed by atoms with van der Waals surface area (Å²) in [7, 11) is 0. The topological polar surface area (TPSA) is 48.1 Å². The van der Waals surface area contributed by atoms with Gasteiger partial charge in [-0.25, -0.2) is 0 Å². The van der Waals surface area contributed by atoms with E-state index in [0.717, 1.165) is 3.57 Å². The highest BCUT2D eigenvalue weighted by atomic mass is 127. The Morgan fingerprint density at radius 2 is 1.94 bits per heavy atom. The molecule has 2 N–H and O–H groups in total. The first-order chi connectivity index (χ1) is 7.66. The zero-order chi connectivity index (χ0) is 11.5. The number of hydrogen-bond donors (Lipinski definition) is 1. The normalized spacial score (nSPS) is 10.1. The van der Waals surface area contributed by atoms with Crippen molar-refractivity contribution >= 4 is 39.9 Å². The number of para-hydroxylation sites is 1. The Kier molecular flexibility index (Phi) is 3.50. The number of aromatic nitrogens is 1. The lowest BCUT2D eigenvalue weighted by Gasteiger charge is -2.08. The Balaban J connectivity index is 2.34. The molecule has 0 fully saturated rings. The fourth-order valence-corrected chi connectivity index (χ4v) is 1.78. The van der Waals surface area contributed by atoms with E-state index in [2.05, 4.69) is 27.6 Å². The summed E-state index contributed by atoms with van der Waals surface area (Å²) < 4.78 is 6.58. The van der Waals surface area contributed by atoms with Crippen molar-refractivity contribution in [2.24, 2.45) is 0 Å². The summed E-state index contributed by atoms with van der Waals surface area (Å²) in [5.41, 5.74) is 6.20. The third-order valence-electron chi connectivity index (χ3n) is 1.90. The average Bonchev–Trinajstić information content (AvgIpc) is 2.27. The molecular formula is C11H8ClIN2O. The number of hydrogen-bond acceptors (Lipinski definition) is 3. The van der Waals surface area contributed by atoms with Crippen molar-refractivity contribution in [1.29, 1.82) is 0 Å². The van der Waals surface area contributed by atoms with Gasteiger partial charge in [-0.15, -0.1) is 0 Å². The van der Waals surface area contributed by atoms with E-state index in [1.54, 1.807) is 12.1 Å². The van der Waals surface area contributed by atoms with E-state index in [1.807, 2.05) is 24.3 Å². The number of nitrogen functional groups attached to an aromatic ring is 1. The van der Waals surface area contributed by atoms with Crippen LogP contribution in [0.25, 0.3) is 0 Å². The van der Waals surface area contributed by atoms with Gasteiger partial charge in [0.15, 0.2) is 0 Å². The minimum atomic E-state index is 0.330. The molecule has 0 aliphatic heterocycles. The molecule has 0 atom stereocenters. The Labute approximate surface area is 112 Å². The zero-order valence-electron chi connectivity index (χ0n) is 8.15. The number of nitrogens with two attached hydrogens (primary N) is 1. The number of nitrogens with zero attached hydrogens (tertiary/aromatic N) is 1. The summed E-state index contributed by atoms with van der Waals surface area (Å²) in [6.07, 6.45) is 0. The molecule has 0 saturated carbocycles. The Hall–Kier alpha value is -1.01. The van der Waals surface area contributed by atoms with Crippen molar-refractivity contribution in [3.63, 3.8) is 0 Å². The quantitative estimate of drug-likeness (QED) is 0.666. The summed E-state index contributed by atoms with van der Waals surface area (Å²) in [6, 6.07) is 10.9. The van der Waals surface area contributed by atoms with Gasteiger partial charge in [0, 0.05) is 0 Å². The van der Waals surface area contributed by atoms with Crippen molar-refractivity contribution in [3.05, 3.63) is 45.1 Å². The smallest absolute Gasteiger partial charge is 0.244 e. The van der Waals surface area contributed by atoms with Gasteiger partial charge in [-0.05, 0) is 46.9 Å². The van der Waals surface area contributed by atoms with Crippen LogP contribution in [0.5, 0.6) is 11.6 Å². The molecule has 0 spiro atoms. The highest BCUT2D eigenvalue weighted by Crippen LogP contribution is 2.29. The van der Waals surface area contributed by atoms with E-state index in [0.29, 0.717) is 22.5 Å². The summed E-state index contributed by atoms with van der Waals surface area (Å²) in [6.45, 7) is 0. The largest absolute Gasteiger partial charge is 0.436 e. The maximum absolute atomic E-state index is 5.77. The molecular weight excluding hydrogens is 338 g/mol. The number of benzene rings is 1. The molecule has 1 aromatic carbocycles. The first-order valence-electron chi connectivity index (χ1n) is 4.51. The van der Waals surface area contributed by atoms with Crippen LogP contribution in [0.2, 0.25) is 5.15 Å². The van der Waals surface area contributed by atoms with Crippen LogP contribution in [-0.4, -0.2) is 4.98 Å². The average molecular weight is 347 g/mol. The van der Waals surface area contributed by atoms with Gasteiger partial charge in [0.1, 0.15) is 10.9 Å². The summed E-state index contributed by atoms with van der Waals surface area (Å²) in [5.74, 6) is 1.04. The molecule has 16 heavy (non-hydrogen) atoms. The predicted molar refractivity (Wildman–Crippen MR) is 72.9 cm³/mol. The number of ether oxygens (including phenoxy) is 1. The Morgan fingerprint density at radius 1 is 1.19 bits per heavy atom. The second-order valence-corrected chi connectivity index (χ2v) is 4.61. The maximum atomic E-state index is 5.77. The highest BCUT2D eigenvalue weighted by Gasteiger charge is 2.06. The molecule has 0 unspecified atom stereocenters. The van der Waals surface area contributed by atoms with Crippen LogP contribution in [0.1, 0.15) is 0 Å². The van der Waals surface area contributed by atoms with E-state index < -0.39 is 0 Å². The Bertz CT molecular complexity index is 519. The Morgan fingerprint density at radius 3 is 2.69 bits per heavy atom. The molecule has 0 amide bonds. The van der Waals surface area contributed by atoms with Gasteiger partial charge in [-0.3, -0.25) is 0 Å². The molecule has 0 bridgehead atoms. The second-order valence-electron chi connectivity index (χ2n) is 3.06. The predicted octanol–water partition coefficient (Wildman–Crippen LogP) is 3.71. The maximum Gasteiger partial charge on any atom is 0.244 e. The van der Waals surface area contributed by atoms with Gasteiger partial charge >= 0.3 is 0 Å². The van der Waals surface area contributed by atoms with Gasteiger partial charge in [-0.1, -0.05) is 23.7 Å². The first kappa shape index (κ1) is 11.5. The SMILES string of the molecule is Nc1ccc(Cl)nc1Oc1ccccc1I. The lowest BCUT2D eigenvalue weighted by atomic mass is 10.3. The van der Waals surface area contributed by atoms with Crippen molar-refractivity contribution in [2.75, 3.05) is 5.73 Å². The lowest BCUT2D eigenvalue weighted by Crippen LogP contribution is -1.96. The van der Waals surface area contributed by atoms with Crippen molar-refractivity contribution in [2.45, 2.75) is 0 Å². The van der Waals surface area contributed by atoms with Crippen LogP contribution in [0.15, 0.2) is 36.4 Å². The minimum Gasteiger partial charge on any atom is -0.436 e. The molecule has 0 aliphatic carbocycles. The molecule has 1 aromatic heterocycles. The van der Waals surface area contributed by atoms with Crippen LogP contribution in [0, 0.1) is 3.57 Å². The first-order valence-corrected chi connectivity index (χ1v) is 5.97. The number of pyridine rings is 1. The third kappa shape index (κ3) is 2.56. The highest BCUT2D eigenvalue weighted by molar-refractivity contribution is 14.1. The summed E-state index contributed by atoms with van der Waals surface area (Å²) in [4.78, 5) is 4.02. The van der Waals surface area contributed by atoms with E-state index in [4.69, 9.17) is 22.1 Å². The molecule has 2 aromatic rings. The summed E-state index contributed by atoms with van der Waals surface area (Å²) >= 11 is 7.96. The number of halogens is 2. The zero-order valence-corrected chi connectivity index (χ0v) is 11.1. The van der Waals surface area contributed by atoms with Crippen LogP contribution in [0.3, 0.4) is 0 Å². The van der Waals surface area contributed by atoms with Gasteiger partial charge in [0.25, 0.3) is 0 Å². The van der Waals surface area contributed by atoms with Crippen LogP contribution in [-0.2, 0) is 0 Å². The number of rotatable bonds is 2. The summed E-state index contributed by atoms with van der Waals surface area (Å²) in [5, 5.41) is 0.357. The van der Waals surface area contributed by atoms with E-state index in [9.17, 15) is 0 Å². The molecule has 0 radical (unpaired) electrons. The molecule has 1 heterocycles. The van der Waals surface area contributed by atoms with E-state index in [-0.39, 0.29) is 0 Å². The van der Waals surface area contributed by atoms with Gasteiger partial charge in [-0.2, -0.15) is 4.98 Å². The van der Waals surface area contributed by atoms with Crippen LogP contribution < -0.4 is 10.5 Å². The molecule has 5 heteroatoms. The fraction of sp³-hybridized carbons (Fsp3) is 0. The fourth-order valence-electron chi connectivity index (χ4n) is 1.14. The van der Waals surface area contributed by atoms with Crippen LogP contribution >= 0.6 is 34.2 Å². The number of anilines is 1. The van der Waals surface area contributed by atoms with Gasteiger partial charge in [0.05, 0.1) is 9.26 Å². The van der Waals surface area contributed by atoms with Gasteiger partial charge < -0.3 is 10.5 Å². The van der Waals surface area contributed by atoms with Crippen molar-refractivity contribution in [3.8, 4) is 11.6 Å². The molecule has 2 rings (SSSR count). The molecule has 3 nitrogen and oxygen atoms in total. The van der Waals surface area contributed by atoms with E-state index in [1.165, 1.54) is 0 Å². The lowest BCUT2D eigenvalue weighted by molar-refractivity contribution is 0.462. The van der Waals surface area contributed by atoms with Gasteiger partial charge in [0.2, 0.25) is 5.88 Å². The third-order valence-corrected chi connectivity index (χ3v) is 3.00. The minimum absolute atomic E-state index is 0.330. The molecule has 0 saturated heterocycles. The second kappa shape index (κ2) is 4.88. The van der Waals surface area contributed by atoms with E-state index >= 15 is 0 Å². The molecule has 82 valence electrons. The van der Waals surface area contributed by atoms with Crippen molar-refractivity contribution < 1.29 is 4.74 Å². The molecule has 0 aliphatic rings. The monoisotopic (exact) mass is 346 g/mol.